The molecule has 0 saturated carbocycles. The molecule has 0 aliphatic heterocycles. The van der Waals surface area contributed by atoms with Crippen molar-refractivity contribution in [2.45, 2.75) is 6.18 Å². The molecule has 0 atom stereocenters. The summed E-state index contributed by atoms with van der Waals surface area (Å²) >= 11 is 5.61. The minimum Gasteiger partial charge on any atom is -0.282 e. The number of imidazole rings is 1. The summed E-state index contributed by atoms with van der Waals surface area (Å²) in [6, 6.07) is 6.80. The molecule has 0 bridgehead atoms. The second-order valence-corrected chi connectivity index (χ2v) is 4.32. The molecule has 0 fully saturated rings. The van der Waals surface area contributed by atoms with Crippen LogP contribution < -0.4 is 0 Å². The molecule has 0 unspecified atom stereocenters. The Balaban J connectivity index is 2.31. The van der Waals surface area contributed by atoms with Gasteiger partial charge in [-0.05, 0) is 23.7 Å². The second kappa shape index (κ2) is 4.45. The lowest BCUT2D eigenvalue weighted by Crippen LogP contribution is -2.13. The molecule has 0 aliphatic carbocycles. The van der Waals surface area contributed by atoms with E-state index in [1.807, 2.05) is 0 Å². The van der Waals surface area contributed by atoms with Crippen LogP contribution >= 0.6 is 11.6 Å². The molecule has 4 nitrogen and oxygen atoms in total. The number of benzene rings is 1. The fraction of sp³-hybridized carbons (Fsp3) is 0.0833. The smallest absolute Gasteiger partial charge is 0.282 e. The lowest BCUT2D eigenvalue weighted by molar-refractivity contribution is -0.137. The molecule has 3 rings (SSSR count). The molecule has 0 N–H and O–H groups in total. The molecule has 1 aromatic carbocycles. The Hall–Kier alpha value is -2.15. The molecule has 20 heavy (non-hydrogen) atoms. The highest BCUT2D eigenvalue weighted by molar-refractivity contribution is 6.28. The molecule has 0 amide bonds. The molecular formula is C12H6ClF3N4. The Morgan fingerprint density at radius 3 is 2.60 bits per heavy atom. The Morgan fingerprint density at radius 1 is 1.10 bits per heavy atom. The van der Waals surface area contributed by atoms with Gasteiger partial charge < -0.3 is 0 Å². The summed E-state index contributed by atoms with van der Waals surface area (Å²) in [5.74, 6) is -0.341. The largest absolute Gasteiger partial charge is 0.421 e. The van der Waals surface area contributed by atoms with Crippen LogP contribution in [0.4, 0.5) is 13.2 Å². The first kappa shape index (κ1) is 12.9. The van der Waals surface area contributed by atoms with Gasteiger partial charge in [-0.25, -0.2) is 9.97 Å². The summed E-state index contributed by atoms with van der Waals surface area (Å²) in [4.78, 5) is 11.1. The molecule has 0 saturated heterocycles. The fourth-order valence-corrected chi connectivity index (χ4v) is 1.99. The third kappa shape index (κ3) is 2.09. The minimum absolute atomic E-state index is 0.259. The van der Waals surface area contributed by atoms with Gasteiger partial charge in [0.15, 0.2) is 5.82 Å². The number of halogens is 4. The zero-order valence-electron chi connectivity index (χ0n) is 9.76. The highest BCUT2D eigenvalue weighted by Crippen LogP contribution is 2.33. The van der Waals surface area contributed by atoms with Crippen LogP contribution in [0, 0.1) is 0 Å². The molecule has 2 aromatic heterocycles. The average Bonchev–Trinajstić information content (AvgIpc) is 2.80. The zero-order valence-corrected chi connectivity index (χ0v) is 10.5. The third-order valence-electron chi connectivity index (χ3n) is 2.73. The van der Waals surface area contributed by atoms with Crippen molar-refractivity contribution in [3.8, 4) is 5.82 Å². The van der Waals surface area contributed by atoms with E-state index in [2.05, 4.69) is 15.0 Å². The zero-order chi connectivity index (χ0) is 14.3. The van der Waals surface area contributed by atoms with E-state index in [9.17, 15) is 13.2 Å². The predicted octanol–water partition coefficient (Wildman–Crippen LogP) is 3.49. The van der Waals surface area contributed by atoms with Crippen molar-refractivity contribution >= 4 is 22.6 Å². The number of aromatic nitrogens is 4. The minimum atomic E-state index is -4.58. The Labute approximate surface area is 115 Å². The summed E-state index contributed by atoms with van der Waals surface area (Å²) in [7, 11) is 0. The van der Waals surface area contributed by atoms with Crippen LogP contribution in [-0.4, -0.2) is 19.5 Å². The SMILES string of the molecule is FC(F)(F)c1cnc(Cl)nc1-n1cnc2ccccc21. The van der Waals surface area contributed by atoms with E-state index >= 15 is 0 Å². The maximum atomic E-state index is 13.0. The first-order chi connectivity index (χ1) is 9.47. The van der Waals surface area contributed by atoms with Gasteiger partial charge in [0.25, 0.3) is 0 Å². The standard InChI is InChI=1S/C12H6ClF3N4/c13-11-17-5-7(12(14,15)16)10(19-11)20-6-18-8-3-1-2-4-9(8)20/h1-6H. The van der Waals surface area contributed by atoms with Gasteiger partial charge in [-0.1, -0.05) is 12.1 Å². The van der Waals surface area contributed by atoms with E-state index in [1.54, 1.807) is 24.3 Å². The fourth-order valence-electron chi connectivity index (χ4n) is 1.86. The molecule has 3 aromatic rings. The van der Waals surface area contributed by atoms with Gasteiger partial charge >= 0.3 is 6.18 Å². The van der Waals surface area contributed by atoms with Crippen LogP contribution in [0.3, 0.4) is 0 Å². The van der Waals surface area contributed by atoms with Crippen molar-refractivity contribution in [2.24, 2.45) is 0 Å². The van der Waals surface area contributed by atoms with Crippen LogP contribution in [0.25, 0.3) is 16.9 Å². The number of alkyl halides is 3. The van der Waals surface area contributed by atoms with Gasteiger partial charge in [0, 0.05) is 6.20 Å². The van der Waals surface area contributed by atoms with Gasteiger partial charge in [-0.2, -0.15) is 18.2 Å². The summed E-state index contributed by atoms with van der Waals surface area (Å²) in [5, 5.41) is -0.259. The van der Waals surface area contributed by atoms with E-state index < -0.39 is 11.7 Å². The second-order valence-electron chi connectivity index (χ2n) is 3.98. The molecule has 0 radical (unpaired) electrons. The van der Waals surface area contributed by atoms with E-state index in [4.69, 9.17) is 11.6 Å². The first-order valence-corrected chi connectivity index (χ1v) is 5.87. The number of para-hydroxylation sites is 2. The van der Waals surface area contributed by atoms with Gasteiger partial charge in [-0.15, -0.1) is 0 Å². The maximum absolute atomic E-state index is 13.0. The lowest BCUT2D eigenvalue weighted by Gasteiger charge is -2.12. The number of nitrogens with zero attached hydrogens (tertiary/aromatic N) is 4. The van der Waals surface area contributed by atoms with Crippen molar-refractivity contribution in [2.75, 3.05) is 0 Å². The summed E-state index contributed by atoms with van der Waals surface area (Å²) < 4.78 is 40.3. The van der Waals surface area contributed by atoms with Crippen LogP contribution in [0.15, 0.2) is 36.8 Å². The predicted molar refractivity (Wildman–Crippen MR) is 66.7 cm³/mol. The van der Waals surface area contributed by atoms with Gasteiger partial charge in [0.1, 0.15) is 11.9 Å². The summed E-state index contributed by atoms with van der Waals surface area (Å²) in [6.07, 6.45) is -2.64. The van der Waals surface area contributed by atoms with Crippen molar-refractivity contribution < 1.29 is 13.2 Å². The number of hydrogen-bond donors (Lipinski definition) is 0. The summed E-state index contributed by atoms with van der Waals surface area (Å²) in [5.41, 5.74) is 0.105. The number of rotatable bonds is 1. The van der Waals surface area contributed by atoms with Crippen molar-refractivity contribution in [1.29, 1.82) is 0 Å². The first-order valence-electron chi connectivity index (χ1n) is 5.49. The van der Waals surface area contributed by atoms with E-state index in [-0.39, 0.29) is 11.1 Å². The normalized spacial score (nSPS) is 12.0. The molecule has 8 heteroatoms. The van der Waals surface area contributed by atoms with E-state index in [0.29, 0.717) is 17.2 Å². The molecule has 2 heterocycles. The van der Waals surface area contributed by atoms with Crippen molar-refractivity contribution in [3.05, 3.63) is 47.6 Å². The van der Waals surface area contributed by atoms with Crippen molar-refractivity contribution in [1.82, 2.24) is 19.5 Å². The average molecular weight is 299 g/mol. The van der Waals surface area contributed by atoms with Gasteiger partial charge in [0.05, 0.1) is 11.0 Å². The Morgan fingerprint density at radius 2 is 1.85 bits per heavy atom. The highest BCUT2D eigenvalue weighted by atomic mass is 35.5. The van der Waals surface area contributed by atoms with Crippen LogP contribution in [0.2, 0.25) is 5.28 Å². The third-order valence-corrected chi connectivity index (χ3v) is 2.91. The van der Waals surface area contributed by atoms with E-state index in [0.717, 1.165) is 0 Å². The van der Waals surface area contributed by atoms with Crippen LogP contribution in [0.5, 0.6) is 0 Å². The monoisotopic (exact) mass is 298 g/mol. The quantitative estimate of drug-likeness (QED) is 0.646. The van der Waals surface area contributed by atoms with Gasteiger partial charge in [0.2, 0.25) is 5.28 Å². The molecular weight excluding hydrogens is 293 g/mol. The maximum Gasteiger partial charge on any atom is 0.421 e. The van der Waals surface area contributed by atoms with Gasteiger partial charge in [-0.3, -0.25) is 4.57 Å². The molecule has 0 aliphatic rings. The molecule has 102 valence electrons. The Kier molecular flexibility index (Phi) is 2.86. The Bertz CT molecular complexity index is 782. The number of hydrogen-bond acceptors (Lipinski definition) is 3. The van der Waals surface area contributed by atoms with Crippen molar-refractivity contribution in [3.63, 3.8) is 0 Å². The topological polar surface area (TPSA) is 43.6 Å². The lowest BCUT2D eigenvalue weighted by atomic mass is 10.2. The molecule has 0 spiro atoms. The summed E-state index contributed by atoms with van der Waals surface area (Å²) in [6.45, 7) is 0. The van der Waals surface area contributed by atoms with Crippen LogP contribution in [0.1, 0.15) is 5.56 Å². The van der Waals surface area contributed by atoms with Crippen LogP contribution in [-0.2, 0) is 6.18 Å². The van der Waals surface area contributed by atoms with E-state index in [1.165, 1.54) is 10.9 Å². The number of fused-ring (bicyclic) bond motifs is 1. The highest BCUT2D eigenvalue weighted by Gasteiger charge is 2.36.